The van der Waals surface area contributed by atoms with Gasteiger partial charge < -0.3 is 5.73 Å². The minimum atomic E-state index is -3.69. The minimum absolute atomic E-state index is 0.0176. The highest BCUT2D eigenvalue weighted by molar-refractivity contribution is 7.89. The van der Waals surface area contributed by atoms with Crippen molar-refractivity contribution in [1.82, 2.24) is 9.71 Å². The molecule has 110 valence electrons. The van der Waals surface area contributed by atoms with Gasteiger partial charge in [0.2, 0.25) is 10.0 Å². The van der Waals surface area contributed by atoms with Crippen molar-refractivity contribution in [3.8, 4) is 6.07 Å². The number of aromatic nitrogens is 1. The molecule has 0 aliphatic rings. The molecule has 0 atom stereocenters. The largest absolute Gasteiger partial charge is 0.398 e. The van der Waals surface area contributed by atoms with Crippen LogP contribution in [0.5, 0.6) is 0 Å². The summed E-state index contributed by atoms with van der Waals surface area (Å²) in [5, 5.41) is 11.6. The van der Waals surface area contributed by atoms with Gasteiger partial charge in [0.15, 0.2) is 0 Å². The van der Waals surface area contributed by atoms with Gasteiger partial charge in [0.25, 0.3) is 0 Å². The highest BCUT2D eigenvalue weighted by Gasteiger charge is 2.17. The van der Waals surface area contributed by atoms with Crippen molar-refractivity contribution in [2.24, 2.45) is 0 Å². The lowest BCUT2D eigenvalue weighted by Crippen LogP contribution is -2.26. The van der Waals surface area contributed by atoms with Crippen LogP contribution in [-0.4, -0.2) is 19.9 Å². The molecule has 0 bridgehead atoms. The van der Waals surface area contributed by atoms with Gasteiger partial charge >= 0.3 is 0 Å². The molecule has 6 nitrogen and oxygen atoms in total. The zero-order valence-electron chi connectivity index (χ0n) is 11.3. The Morgan fingerprint density at radius 3 is 2.81 bits per heavy atom. The Balaban J connectivity index is 2.06. The Bertz CT molecular complexity index is 791. The van der Waals surface area contributed by atoms with E-state index in [0.717, 1.165) is 10.7 Å². The molecule has 8 heteroatoms. The third-order valence-corrected chi connectivity index (χ3v) is 5.13. The maximum absolute atomic E-state index is 12.2. The van der Waals surface area contributed by atoms with Gasteiger partial charge in [0, 0.05) is 18.3 Å². The molecular formula is C13H14N4O2S2. The fourth-order valence-electron chi connectivity index (χ4n) is 1.78. The lowest BCUT2D eigenvalue weighted by molar-refractivity contribution is 0.582. The van der Waals surface area contributed by atoms with E-state index in [-0.39, 0.29) is 17.1 Å². The van der Waals surface area contributed by atoms with Gasteiger partial charge in [-0.15, -0.1) is 11.3 Å². The van der Waals surface area contributed by atoms with Crippen LogP contribution in [0.15, 0.2) is 28.5 Å². The Morgan fingerprint density at radius 2 is 2.24 bits per heavy atom. The number of benzene rings is 1. The lowest BCUT2D eigenvalue weighted by atomic mass is 10.2. The van der Waals surface area contributed by atoms with Crippen molar-refractivity contribution in [1.29, 1.82) is 5.26 Å². The maximum Gasteiger partial charge on any atom is 0.242 e. The van der Waals surface area contributed by atoms with Gasteiger partial charge in [0.1, 0.15) is 4.90 Å². The first kappa shape index (κ1) is 15.4. The summed E-state index contributed by atoms with van der Waals surface area (Å²) in [5.74, 6) is 0. The van der Waals surface area contributed by atoms with E-state index < -0.39 is 10.0 Å². The van der Waals surface area contributed by atoms with Gasteiger partial charge in [0.05, 0.1) is 28.0 Å². The van der Waals surface area contributed by atoms with Gasteiger partial charge in [-0.25, -0.2) is 18.1 Å². The van der Waals surface area contributed by atoms with Crippen LogP contribution in [-0.2, 0) is 16.4 Å². The number of nitrogens with two attached hydrogens (primary N) is 1. The summed E-state index contributed by atoms with van der Waals surface area (Å²) in [6.07, 6.45) is 0.514. The number of hydrogen-bond acceptors (Lipinski definition) is 6. The number of nitrogens with zero attached hydrogens (tertiary/aromatic N) is 2. The van der Waals surface area contributed by atoms with Crippen LogP contribution in [0.25, 0.3) is 0 Å². The van der Waals surface area contributed by atoms with Crippen molar-refractivity contribution < 1.29 is 8.42 Å². The van der Waals surface area contributed by atoms with E-state index in [0.29, 0.717) is 12.0 Å². The number of nitriles is 1. The summed E-state index contributed by atoms with van der Waals surface area (Å²) in [4.78, 5) is 4.25. The van der Waals surface area contributed by atoms with E-state index in [1.54, 1.807) is 0 Å². The van der Waals surface area contributed by atoms with Crippen molar-refractivity contribution >= 4 is 27.0 Å². The fraction of sp³-hybridized carbons (Fsp3) is 0.231. The summed E-state index contributed by atoms with van der Waals surface area (Å²) in [5.41, 5.74) is 6.93. The minimum Gasteiger partial charge on any atom is -0.398 e. The molecule has 0 fully saturated rings. The number of thiazole rings is 1. The van der Waals surface area contributed by atoms with Crippen molar-refractivity contribution in [2.45, 2.75) is 18.2 Å². The summed E-state index contributed by atoms with van der Waals surface area (Å²) in [6, 6.07) is 6.02. The van der Waals surface area contributed by atoms with Gasteiger partial charge in [-0.3, -0.25) is 0 Å². The van der Waals surface area contributed by atoms with E-state index in [2.05, 4.69) is 9.71 Å². The molecule has 0 aliphatic heterocycles. The SMILES string of the molecule is Cc1nc(CCNS(=O)(=O)c2ccc(C#N)cc2N)cs1. The lowest BCUT2D eigenvalue weighted by Gasteiger charge is -2.08. The molecular weight excluding hydrogens is 308 g/mol. The van der Waals surface area contributed by atoms with Crippen LogP contribution in [0.3, 0.4) is 0 Å². The topological polar surface area (TPSA) is 109 Å². The van der Waals surface area contributed by atoms with Gasteiger partial charge in [-0.1, -0.05) is 0 Å². The second-order valence-electron chi connectivity index (χ2n) is 4.37. The first-order valence-corrected chi connectivity index (χ1v) is 8.49. The molecule has 0 amide bonds. The number of anilines is 1. The fourth-order valence-corrected chi connectivity index (χ4v) is 3.57. The van der Waals surface area contributed by atoms with E-state index in [4.69, 9.17) is 11.0 Å². The number of aryl methyl sites for hydroxylation is 1. The Kier molecular flexibility index (Phi) is 4.57. The highest BCUT2D eigenvalue weighted by atomic mass is 32.2. The zero-order valence-corrected chi connectivity index (χ0v) is 13.0. The molecule has 1 heterocycles. The Hall–Kier alpha value is -1.95. The molecule has 0 unspecified atom stereocenters. The molecule has 1 aromatic carbocycles. The second kappa shape index (κ2) is 6.22. The van der Waals surface area contributed by atoms with Crippen LogP contribution < -0.4 is 10.5 Å². The number of nitrogen functional groups attached to an aromatic ring is 1. The van der Waals surface area contributed by atoms with E-state index in [1.165, 1.54) is 29.5 Å². The second-order valence-corrected chi connectivity index (χ2v) is 7.17. The predicted molar refractivity (Wildman–Crippen MR) is 81.3 cm³/mol. The molecule has 0 spiro atoms. The van der Waals surface area contributed by atoms with E-state index in [1.807, 2.05) is 18.4 Å². The molecule has 1 aromatic heterocycles. The monoisotopic (exact) mass is 322 g/mol. The van der Waals surface area contributed by atoms with E-state index in [9.17, 15) is 8.42 Å². The molecule has 0 aliphatic carbocycles. The summed E-state index contributed by atoms with van der Waals surface area (Å²) in [6.45, 7) is 2.14. The Labute approximate surface area is 127 Å². The Morgan fingerprint density at radius 1 is 1.48 bits per heavy atom. The number of sulfonamides is 1. The first-order valence-electron chi connectivity index (χ1n) is 6.12. The normalized spacial score (nSPS) is 11.2. The molecule has 2 aromatic rings. The van der Waals surface area contributed by atoms with Crippen LogP contribution in [0, 0.1) is 18.3 Å². The van der Waals surface area contributed by atoms with Crippen LogP contribution in [0.4, 0.5) is 5.69 Å². The molecule has 21 heavy (non-hydrogen) atoms. The highest BCUT2D eigenvalue weighted by Crippen LogP contribution is 2.19. The first-order chi connectivity index (χ1) is 9.92. The number of rotatable bonds is 5. The average Bonchev–Trinajstić information content (AvgIpc) is 2.83. The molecule has 0 saturated carbocycles. The summed E-state index contributed by atoms with van der Waals surface area (Å²) < 4.78 is 26.8. The molecule has 3 N–H and O–H groups in total. The van der Waals surface area contributed by atoms with Crippen molar-refractivity contribution in [3.63, 3.8) is 0 Å². The standard InChI is InChI=1S/C13H14N4O2S2/c1-9-17-11(8-20-9)4-5-16-21(18,19)13-3-2-10(7-14)6-12(13)15/h2-3,6,8,16H,4-5,15H2,1H3. The van der Waals surface area contributed by atoms with Crippen molar-refractivity contribution in [2.75, 3.05) is 12.3 Å². The third kappa shape index (κ3) is 3.78. The summed E-state index contributed by atoms with van der Waals surface area (Å²) >= 11 is 1.53. The molecule has 0 radical (unpaired) electrons. The van der Waals surface area contributed by atoms with Crippen molar-refractivity contribution in [3.05, 3.63) is 39.8 Å². The average molecular weight is 322 g/mol. The quantitative estimate of drug-likeness (QED) is 0.809. The summed E-state index contributed by atoms with van der Waals surface area (Å²) in [7, 11) is -3.69. The predicted octanol–water partition coefficient (Wildman–Crippen LogP) is 1.43. The van der Waals surface area contributed by atoms with E-state index >= 15 is 0 Å². The zero-order chi connectivity index (χ0) is 15.5. The smallest absolute Gasteiger partial charge is 0.242 e. The molecule has 2 rings (SSSR count). The van der Waals surface area contributed by atoms with Gasteiger partial charge in [-0.05, 0) is 25.1 Å². The maximum atomic E-state index is 12.2. The van der Waals surface area contributed by atoms with Crippen LogP contribution in [0.1, 0.15) is 16.3 Å². The van der Waals surface area contributed by atoms with Crippen LogP contribution >= 0.6 is 11.3 Å². The number of hydrogen-bond donors (Lipinski definition) is 2. The third-order valence-electron chi connectivity index (χ3n) is 2.77. The van der Waals surface area contributed by atoms with Gasteiger partial charge in [-0.2, -0.15) is 5.26 Å². The van der Waals surface area contributed by atoms with Crippen LogP contribution in [0.2, 0.25) is 0 Å². The number of nitrogens with one attached hydrogen (secondary N) is 1. The molecule has 0 saturated heterocycles.